The van der Waals surface area contributed by atoms with Crippen LogP contribution in [0.25, 0.3) is 0 Å². The fourth-order valence-corrected chi connectivity index (χ4v) is 4.29. The molecule has 0 bridgehead atoms. The molecule has 158 valence electrons. The zero-order valence-electron chi connectivity index (χ0n) is 17.3. The lowest BCUT2D eigenvalue weighted by atomic mass is 10.1. The number of amides is 1. The van der Waals surface area contributed by atoms with Crippen molar-refractivity contribution >= 4 is 34.5 Å². The Morgan fingerprint density at radius 2 is 1.94 bits per heavy atom. The molecule has 0 aliphatic rings. The Labute approximate surface area is 190 Å². The fourth-order valence-electron chi connectivity index (χ4n) is 3.28. The third-order valence-corrected chi connectivity index (χ3v) is 5.82. The van der Waals surface area contributed by atoms with Crippen LogP contribution in [-0.2, 0) is 13.2 Å². The number of thiophene rings is 1. The van der Waals surface area contributed by atoms with E-state index in [9.17, 15) is 4.79 Å². The molecule has 0 saturated carbocycles. The van der Waals surface area contributed by atoms with Crippen molar-refractivity contribution in [1.82, 2.24) is 9.78 Å². The van der Waals surface area contributed by atoms with Crippen molar-refractivity contribution in [2.75, 3.05) is 5.32 Å². The number of aromatic nitrogens is 2. The number of nitrogens with zero attached hydrogens (tertiary/aromatic N) is 2. The van der Waals surface area contributed by atoms with Gasteiger partial charge in [0.2, 0.25) is 0 Å². The molecule has 0 saturated heterocycles. The van der Waals surface area contributed by atoms with Crippen molar-refractivity contribution in [2.24, 2.45) is 0 Å². The summed E-state index contributed by atoms with van der Waals surface area (Å²) in [5.74, 6) is 0.673. The Bertz CT molecular complexity index is 1190. The highest BCUT2D eigenvalue weighted by Gasteiger charge is 2.11. The lowest BCUT2D eigenvalue weighted by Gasteiger charge is -2.07. The van der Waals surface area contributed by atoms with Gasteiger partial charge in [-0.05, 0) is 66.2 Å². The summed E-state index contributed by atoms with van der Waals surface area (Å²) >= 11 is 7.43. The Hall–Kier alpha value is -3.09. The standard InChI is InChI=1S/C24H22ClN3O2S/c1-16-6-17(2)8-22(7-16)30-14-19-10-23(31-15-19)24(29)27-21-11-26-28(13-21)12-18-4-3-5-20(25)9-18/h3-11,13,15H,12,14H2,1-2H3,(H,27,29). The van der Waals surface area contributed by atoms with E-state index in [-0.39, 0.29) is 5.91 Å². The molecule has 2 aromatic carbocycles. The lowest BCUT2D eigenvalue weighted by Crippen LogP contribution is -2.09. The molecule has 4 rings (SSSR count). The van der Waals surface area contributed by atoms with Crippen LogP contribution in [0.4, 0.5) is 5.69 Å². The van der Waals surface area contributed by atoms with Gasteiger partial charge >= 0.3 is 0 Å². The van der Waals surface area contributed by atoms with Crippen LogP contribution in [0.3, 0.4) is 0 Å². The first-order chi connectivity index (χ1) is 14.9. The van der Waals surface area contributed by atoms with Crippen LogP contribution in [-0.4, -0.2) is 15.7 Å². The number of anilines is 1. The second-order valence-corrected chi connectivity index (χ2v) is 8.79. The van der Waals surface area contributed by atoms with Gasteiger partial charge in [0.15, 0.2) is 0 Å². The van der Waals surface area contributed by atoms with E-state index in [1.165, 1.54) is 11.3 Å². The third kappa shape index (κ3) is 5.75. The Morgan fingerprint density at radius 3 is 2.71 bits per heavy atom. The summed E-state index contributed by atoms with van der Waals surface area (Å²) in [5.41, 5.74) is 4.98. The van der Waals surface area contributed by atoms with Crippen LogP contribution < -0.4 is 10.1 Å². The largest absolute Gasteiger partial charge is 0.489 e. The predicted molar refractivity (Wildman–Crippen MR) is 125 cm³/mol. The average Bonchev–Trinajstić information content (AvgIpc) is 3.35. The average molecular weight is 452 g/mol. The Morgan fingerprint density at radius 1 is 1.13 bits per heavy atom. The van der Waals surface area contributed by atoms with Gasteiger partial charge in [-0.25, -0.2) is 0 Å². The van der Waals surface area contributed by atoms with Crippen LogP contribution in [0.5, 0.6) is 5.75 Å². The number of rotatable bonds is 7. The number of ether oxygens (including phenoxy) is 1. The summed E-state index contributed by atoms with van der Waals surface area (Å²) in [6.45, 7) is 5.09. The summed E-state index contributed by atoms with van der Waals surface area (Å²) < 4.78 is 7.65. The number of nitrogens with one attached hydrogen (secondary N) is 1. The molecule has 0 radical (unpaired) electrons. The predicted octanol–water partition coefficient (Wildman–Crippen LogP) is 6.09. The van der Waals surface area contributed by atoms with Crippen LogP contribution in [0, 0.1) is 13.8 Å². The molecule has 31 heavy (non-hydrogen) atoms. The molecular formula is C24H22ClN3O2S. The van der Waals surface area contributed by atoms with Gasteiger partial charge < -0.3 is 10.1 Å². The number of hydrogen-bond acceptors (Lipinski definition) is 4. The summed E-state index contributed by atoms with van der Waals surface area (Å²) in [5, 5.41) is 9.84. The summed E-state index contributed by atoms with van der Waals surface area (Å²) in [4.78, 5) is 13.2. The first-order valence-electron chi connectivity index (χ1n) is 9.81. The van der Waals surface area contributed by atoms with Gasteiger partial charge in [-0.2, -0.15) is 5.10 Å². The molecule has 0 spiro atoms. The van der Waals surface area contributed by atoms with E-state index in [2.05, 4.69) is 16.5 Å². The number of carbonyl (C=O) groups is 1. The quantitative estimate of drug-likeness (QED) is 0.369. The highest BCUT2D eigenvalue weighted by molar-refractivity contribution is 7.12. The van der Waals surface area contributed by atoms with Crippen molar-refractivity contribution < 1.29 is 9.53 Å². The van der Waals surface area contributed by atoms with E-state index >= 15 is 0 Å². The van der Waals surface area contributed by atoms with E-state index in [0.29, 0.717) is 28.7 Å². The molecule has 0 fully saturated rings. The van der Waals surface area contributed by atoms with Crippen molar-refractivity contribution in [3.05, 3.63) is 98.5 Å². The second-order valence-electron chi connectivity index (χ2n) is 7.44. The van der Waals surface area contributed by atoms with Gasteiger partial charge in [0, 0.05) is 16.8 Å². The highest BCUT2D eigenvalue weighted by atomic mass is 35.5. The Balaban J connectivity index is 1.34. The van der Waals surface area contributed by atoms with E-state index in [0.717, 1.165) is 28.0 Å². The van der Waals surface area contributed by atoms with Crippen LogP contribution in [0.15, 0.2) is 66.3 Å². The third-order valence-electron chi connectivity index (χ3n) is 4.60. The number of halogens is 1. The number of hydrogen-bond donors (Lipinski definition) is 1. The summed E-state index contributed by atoms with van der Waals surface area (Å²) in [6.07, 6.45) is 3.44. The molecule has 0 aliphatic heterocycles. The van der Waals surface area contributed by atoms with Crippen molar-refractivity contribution in [3.63, 3.8) is 0 Å². The zero-order chi connectivity index (χ0) is 21.8. The molecule has 0 unspecified atom stereocenters. The minimum atomic E-state index is -0.162. The number of benzene rings is 2. The van der Waals surface area contributed by atoms with E-state index < -0.39 is 0 Å². The normalized spacial score (nSPS) is 10.8. The van der Waals surface area contributed by atoms with Crippen LogP contribution in [0.1, 0.15) is 31.9 Å². The smallest absolute Gasteiger partial charge is 0.265 e. The summed E-state index contributed by atoms with van der Waals surface area (Å²) in [6, 6.07) is 15.6. The Kier molecular flexibility index (Phi) is 6.39. The molecule has 4 aromatic rings. The van der Waals surface area contributed by atoms with Gasteiger partial charge in [0.05, 0.1) is 23.3 Å². The molecular weight excluding hydrogens is 430 g/mol. The van der Waals surface area contributed by atoms with Gasteiger partial charge in [0.25, 0.3) is 5.91 Å². The van der Waals surface area contributed by atoms with E-state index in [4.69, 9.17) is 16.3 Å². The monoisotopic (exact) mass is 451 g/mol. The van der Waals surface area contributed by atoms with E-state index in [1.54, 1.807) is 17.1 Å². The topological polar surface area (TPSA) is 56.1 Å². The minimum Gasteiger partial charge on any atom is -0.489 e. The summed E-state index contributed by atoms with van der Waals surface area (Å²) in [7, 11) is 0. The second kappa shape index (κ2) is 9.37. The molecule has 0 aliphatic carbocycles. The molecule has 7 heteroatoms. The highest BCUT2D eigenvalue weighted by Crippen LogP contribution is 2.21. The van der Waals surface area contributed by atoms with Crippen molar-refractivity contribution in [1.29, 1.82) is 0 Å². The maximum absolute atomic E-state index is 12.6. The van der Waals surface area contributed by atoms with Gasteiger partial charge in [0.1, 0.15) is 12.4 Å². The molecule has 1 amide bonds. The van der Waals surface area contributed by atoms with Gasteiger partial charge in [-0.1, -0.05) is 29.8 Å². The lowest BCUT2D eigenvalue weighted by molar-refractivity contribution is 0.103. The van der Waals surface area contributed by atoms with Gasteiger partial charge in [-0.3, -0.25) is 9.48 Å². The first kappa shape index (κ1) is 21.2. The molecule has 2 aromatic heterocycles. The van der Waals surface area contributed by atoms with Gasteiger partial charge in [-0.15, -0.1) is 11.3 Å². The minimum absolute atomic E-state index is 0.162. The zero-order valence-corrected chi connectivity index (χ0v) is 18.8. The van der Waals surface area contributed by atoms with Crippen molar-refractivity contribution in [2.45, 2.75) is 27.0 Å². The van der Waals surface area contributed by atoms with Crippen molar-refractivity contribution in [3.8, 4) is 5.75 Å². The SMILES string of the molecule is Cc1cc(C)cc(OCc2csc(C(=O)Nc3cnn(Cc4cccc(Cl)c4)c3)c2)c1. The maximum atomic E-state index is 12.6. The number of carbonyl (C=O) groups excluding carboxylic acids is 1. The maximum Gasteiger partial charge on any atom is 0.265 e. The molecule has 2 heterocycles. The molecule has 5 nitrogen and oxygen atoms in total. The van der Waals surface area contributed by atoms with Crippen LogP contribution >= 0.6 is 22.9 Å². The first-order valence-corrected chi connectivity index (χ1v) is 11.1. The number of aryl methyl sites for hydroxylation is 2. The molecule has 0 atom stereocenters. The van der Waals surface area contributed by atoms with Crippen LogP contribution in [0.2, 0.25) is 5.02 Å². The molecule has 1 N–H and O–H groups in total. The van der Waals surface area contributed by atoms with E-state index in [1.807, 2.05) is 61.7 Å². The fraction of sp³-hybridized carbons (Fsp3) is 0.167.